The van der Waals surface area contributed by atoms with Crippen molar-refractivity contribution in [2.45, 2.75) is 51.9 Å². The van der Waals surface area contributed by atoms with Gasteiger partial charge in [-0.2, -0.15) is 0 Å². The molecule has 0 atom stereocenters. The number of carbonyl (C=O) groups excluding carboxylic acids is 1. The Bertz CT molecular complexity index is 439. The molecule has 4 nitrogen and oxygen atoms in total. The Morgan fingerprint density at radius 2 is 2.16 bits per heavy atom. The molecular formula is C15H23N3O. The minimum absolute atomic E-state index is 0.0611. The molecule has 1 aromatic rings. The highest BCUT2D eigenvalue weighted by Crippen LogP contribution is 2.27. The zero-order valence-electron chi connectivity index (χ0n) is 11.6. The van der Waals surface area contributed by atoms with E-state index < -0.39 is 0 Å². The average Bonchev–Trinajstić information content (AvgIpc) is 2.41. The molecule has 4 heteroatoms. The Kier molecular flexibility index (Phi) is 4.77. The number of aromatic nitrogens is 1. The predicted octanol–water partition coefficient (Wildman–Crippen LogP) is 3.27. The second-order valence-electron chi connectivity index (χ2n) is 5.53. The maximum absolute atomic E-state index is 11.9. The number of aryl methyl sites for hydroxylation is 1. The monoisotopic (exact) mass is 261 g/mol. The third-order valence-electron chi connectivity index (χ3n) is 3.86. The minimum Gasteiger partial charge on any atom is -0.397 e. The molecule has 19 heavy (non-hydrogen) atoms. The molecule has 0 unspecified atom stereocenters. The number of nitrogen functional groups attached to an aromatic ring is 1. The molecule has 0 aliphatic heterocycles. The van der Waals surface area contributed by atoms with Crippen LogP contribution in [0.15, 0.2) is 12.3 Å². The zero-order valence-corrected chi connectivity index (χ0v) is 11.6. The van der Waals surface area contributed by atoms with Crippen molar-refractivity contribution in [3.63, 3.8) is 0 Å². The lowest BCUT2D eigenvalue weighted by Gasteiger charge is -2.21. The molecule has 0 aromatic carbocycles. The first kappa shape index (κ1) is 13.8. The number of pyridine rings is 1. The number of nitrogens with zero attached hydrogens (tertiary/aromatic N) is 1. The molecule has 1 fully saturated rings. The van der Waals surface area contributed by atoms with E-state index in [-0.39, 0.29) is 5.91 Å². The maximum Gasteiger partial charge on any atom is 0.225 e. The third-order valence-corrected chi connectivity index (χ3v) is 3.86. The quantitative estimate of drug-likeness (QED) is 0.874. The van der Waals surface area contributed by atoms with E-state index in [1.54, 1.807) is 6.20 Å². The van der Waals surface area contributed by atoms with Gasteiger partial charge in [-0.05, 0) is 30.9 Å². The van der Waals surface area contributed by atoms with Crippen molar-refractivity contribution in [2.75, 3.05) is 11.1 Å². The van der Waals surface area contributed by atoms with E-state index in [9.17, 15) is 4.79 Å². The number of hydrogen-bond acceptors (Lipinski definition) is 3. The fourth-order valence-electron chi connectivity index (χ4n) is 2.73. The first-order valence-electron chi connectivity index (χ1n) is 7.17. The van der Waals surface area contributed by atoms with Gasteiger partial charge in [-0.3, -0.25) is 4.79 Å². The Balaban J connectivity index is 1.80. The summed E-state index contributed by atoms with van der Waals surface area (Å²) in [6.07, 6.45) is 9.74. The Labute approximate surface area is 114 Å². The number of nitrogens with two attached hydrogens (primary N) is 1. The van der Waals surface area contributed by atoms with Crippen LogP contribution < -0.4 is 11.1 Å². The van der Waals surface area contributed by atoms with Gasteiger partial charge in [0.2, 0.25) is 5.91 Å². The summed E-state index contributed by atoms with van der Waals surface area (Å²) in [5.74, 6) is 1.42. The number of nitrogens with one attached hydrogen (secondary N) is 1. The standard InChI is InChI=1S/C15H23N3O/c1-11-9-13(16)10-17-15(11)18-14(19)8-7-12-5-3-2-4-6-12/h9-10,12H,2-8,16H2,1H3,(H,17,18,19). The molecule has 104 valence electrons. The van der Waals surface area contributed by atoms with Gasteiger partial charge in [0.15, 0.2) is 0 Å². The molecule has 1 amide bonds. The van der Waals surface area contributed by atoms with Gasteiger partial charge in [0.25, 0.3) is 0 Å². The van der Waals surface area contributed by atoms with Gasteiger partial charge in [-0.15, -0.1) is 0 Å². The highest BCUT2D eigenvalue weighted by atomic mass is 16.1. The SMILES string of the molecule is Cc1cc(N)cnc1NC(=O)CCC1CCCCC1. The molecule has 1 aromatic heterocycles. The Hall–Kier alpha value is -1.58. The van der Waals surface area contributed by atoms with Crippen LogP contribution in [-0.4, -0.2) is 10.9 Å². The lowest BCUT2D eigenvalue weighted by molar-refractivity contribution is -0.116. The fourth-order valence-corrected chi connectivity index (χ4v) is 2.73. The second-order valence-corrected chi connectivity index (χ2v) is 5.53. The lowest BCUT2D eigenvalue weighted by atomic mass is 9.86. The van der Waals surface area contributed by atoms with Crippen LogP contribution in [0, 0.1) is 12.8 Å². The summed E-state index contributed by atoms with van der Waals surface area (Å²) in [6, 6.07) is 1.82. The molecule has 1 aliphatic rings. The highest BCUT2D eigenvalue weighted by molar-refractivity contribution is 5.90. The Morgan fingerprint density at radius 3 is 2.84 bits per heavy atom. The van der Waals surface area contributed by atoms with Crippen molar-refractivity contribution in [1.29, 1.82) is 0 Å². The van der Waals surface area contributed by atoms with E-state index in [0.29, 0.717) is 17.9 Å². The van der Waals surface area contributed by atoms with Crippen molar-refractivity contribution < 1.29 is 4.79 Å². The summed E-state index contributed by atoms with van der Waals surface area (Å²) in [7, 11) is 0. The van der Waals surface area contributed by atoms with E-state index in [4.69, 9.17) is 5.73 Å². The number of anilines is 2. The van der Waals surface area contributed by atoms with Crippen LogP contribution in [0.4, 0.5) is 11.5 Å². The van der Waals surface area contributed by atoms with Crippen LogP contribution in [0.2, 0.25) is 0 Å². The minimum atomic E-state index is 0.0611. The molecule has 0 bridgehead atoms. The van der Waals surface area contributed by atoms with Crippen LogP contribution in [-0.2, 0) is 4.79 Å². The molecular weight excluding hydrogens is 238 g/mol. The van der Waals surface area contributed by atoms with Gasteiger partial charge in [0.05, 0.1) is 11.9 Å². The number of hydrogen-bond donors (Lipinski definition) is 2. The van der Waals surface area contributed by atoms with Crippen molar-refractivity contribution in [3.05, 3.63) is 17.8 Å². The van der Waals surface area contributed by atoms with Crippen molar-refractivity contribution >= 4 is 17.4 Å². The first-order valence-corrected chi connectivity index (χ1v) is 7.17. The molecule has 0 spiro atoms. The van der Waals surface area contributed by atoms with Crippen LogP contribution in [0.5, 0.6) is 0 Å². The summed E-state index contributed by atoms with van der Waals surface area (Å²) >= 11 is 0. The summed E-state index contributed by atoms with van der Waals surface area (Å²) in [5.41, 5.74) is 7.17. The van der Waals surface area contributed by atoms with Gasteiger partial charge in [-0.25, -0.2) is 4.98 Å². The van der Waals surface area contributed by atoms with Gasteiger partial charge in [0.1, 0.15) is 5.82 Å². The smallest absolute Gasteiger partial charge is 0.225 e. The zero-order chi connectivity index (χ0) is 13.7. The first-order chi connectivity index (χ1) is 9.15. The number of rotatable bonds is 4. The van der Waals surface area contributed by atoms with Gasteiger partial charge in [0, 0.05) is 6.42 Å². The van der Waals surface area contributed by atoms with E-state index in [0.717, 1.165) is 17.9 Å². The van der Waals surface area contributed by atoms with Crippen molar-refractivity contribution in [3.8, 4) is 0 Å². The van der Waals surface area contributed by atoms with Crippen molar-refractivity contribution in [1.82, 2.24) is 4.98 Å². The summed E-state index contributed by atoms with van der Waals surface area (Å²) in [5, 5.41) is 2.87. The largest absolute Gasteiger partial charge is 0.397 e. The van der Waals surface area contributed by atoms with Gasteiger partial charge >= 0.3 is 0 Å². The van der Waals surface area contributed by atoms with E-state index >= 15 is 0 Å². The van der Waals surface area contributed by atoms with E-state index in [2.05, 4.69) is 10.3 Å². The summed E-state index contributed by atoms with van der Waals surface area (Å²) < 4.78 is 0. The lowest BCUT2D eigenvalue weighted by Crippen LogP contribution is -2.16. The van der Waals surface area contributed by atoms with E-state index in [1.807, 2.05) is 13.0 Å². The van der Waals surface area contributed by atoms with Gasteiger partial charge < -0.3 is 11.1 Å². The van der Waals surface area contributed by atoms with Crippen LogP contribution in [0.25, 0.3) is 0 Å². The molecule has 1 heterocycles. The average molecular weight is 261 g/mol. The molecule has 2 rings (SSSR count). The molecule has 1 aliphatic carbocycles. The highest BCUT2D eigenvalue weighted by Gasteiger charge is 2.15. The number of carbonyl (C=O) groups is 1. The van der Waals surface area contributed by atoms with Gasteiger partial charge in [-0.1, -0.05) is 32.1 Å². The number of amides is 1. The predicted molar refractivity (Wildman–Crippen MR) is 77.8 cm³/mol. The maximum atomic E-state index is 11.9. The molecule has 0 saturated heterocycles. The van der Waals surface area contributed by atoms with E-state index in [1.165, 1.54) is 32.1 Å². The third kappa shape index (κ3) is 4.23. The fraction of sp³-hybridized carbons (Fsp3) is 0.600. The Morgan fingerprint density at radius 1 is 1.42 bits per heavy atom. The van der Waals surface area contributed by atoms with Crippen molar-refractivity contribution in [2.24, 2.45) is 5.92 Å². The summed E-state index contributed by atoms with van der Waals surface area (Å²) in [4.78, 5) is 16.1. The molecule has 1 saturated carbocycles. The normalized spacial score (nSPS) is 16.3. The second kappa shape index (κ2) is 6.55. The van der Waals surface area contributed by atoms with Crippen LogP contribution in [0.3, 0.4) is 0 Å². The topological polar surface area (TPSA) is 68.0 Å². The molecule has 3 N–H and O–H groups in total. The van der Waals surface area contributed by atoms with Crippen LogP contribution in [0.1, 0.15) is 50.5 Å². The van der Waals surface area contributed by atoms with Crippen LogP contribution >= 0.6 is 0 Å². The summed E-state index contributed by atoms with van der Waals surface area (Å²) in [6.45, 7) is 1.90. The molecule has 0 radical (unpaired) electrons.